The van der Waals surface area contributed by atoms with Crippen LogP contribution in [0.3, 0.4) is 0 Å². The van der Waals surface area contributed by atoms with Crippen molar-refractivity contribution in [2.45, 2.75) is 18.7 Å². The van der Waals surface area contributed by atoms with Gasteiger partial charge in [0.1, 0.15) is 5.75 Å². The highest BCUT2D eigenvalue weighted by Crippen LogP contribution is 2.25. The molecule has 0 aliphatic carbocycles. The summed E-state index contributed by atoms with van der Waals surface area (Å²) in [6.45, 7) is 2.61. The number of carbonyl (C=O) groups is 1. The molecule has 0 unspecified atom stereocenters. The number of aryl methyl sites for hydroxylation is 1. The molecular weight excluding hydrogens is 362 g/mol. The van der Waals surface area contributed by atoms with Crippen LogP contribution in [0.4, 0.5) is 0 Å². The molecule has 0 saturated carbocycles. The van der Waals surface area contributed by atoms with E-state index < -0.39 is 0 Å². The summed E-state index contributed by atoms with van der Waals surface area (Å²) in [4.78, 5) is 14.0. The van der Waals surface area contributed by atoms with E-state index >= 15 is 0 Å². The van der Waals surface area contributed by atoms with Gasteiger partial charge in [0.2, 0.25) is 11.8 Å². The molecule has 27 heavy (non-hydrogen) atoms. The first-order valence-corrected chi connectivity index (χ1v) is 9.44. The van der Waals surface area contributed by atoms with E-state index in [9.17, 15) is 4.79 Å². The van der Waals surface area contributed by atoms with Gasteiger partial charge in [0.15, 0.2) is 0 Å². The minimum absolute atomic E-state index is 0.00442. The Morgan fingerprint density at radius 3 is 2.48 bits per heavy atom. The molecule has 1 heterocycles. The van der Waals surface area contributed by atoms with Crippen LogP contribution in [0.5, 0.6) is 5.75 Å². The molecule has 0 saturated heterocycles. The Morgan fingerprint density at radius 2 is 1.81 bits per heavy atom. The Labute approximate surface area is 162 Å². The van der Waals surface area contributed by atoms with Gasteiger partial charge in [-0.1, -0.05) is 41.6 Å². The SMILES string of the molecule is COc1ccc(-c2nnc(SCC(=O)N(C)Cc3ccc(C)cc3)o2)cc1. The van der Waals surface area contributed by atoms with E-state index in [4.69, 9.17) is 9.15 Å². The van der Waals surface area contributed by atoms with Gasteiger partial charge in [-0.3, -0.25) is 4.79 Å². The minimum Gasteiger partial charge on any atom is -0.497 e. The molecule has 0 bridgehead atoms. The van der Waals surface area contributed by atoms with Crippen molar-refractivity contribution in [1.82, 2.24) is 15.1 Å². The zero-order chi connectivity index (χ0) is 19.2. The number of hydrogen-bond acceptors (Lipinski definition) is 6. The van der Waals surface area contributed by atoms with Crippen LogP contribution in [-0.2, 0) is 11.3 Å². The molecule has 0 N–H and O–H groups in total. The smallest absolute Gasteiger partial charge is 0.277 e. The molecule has 0 aliphatic rings. The Kier molecular flexibility index (Phi) is 6.13. The van der Waals surface area contributed by atoms with E-state index in [-0.39, 0.29) is 11.7 Å². The fraction of sp³-hybridized carbons (Fsp3) is 0.250. The largest absolute Gasteiger partial charge is 0.497 e. The number of thioether (sulfide) groups is 1. The van der Waals surface area contributed by atoms with Gasteiger partial charge in [-0.2, -0.15) is 0 Å². The van der Waals surface area contributed by atoms with Crippen molar-refractivity contribution in [3.05, 3.63) is 59.7 Å². The van der Waals surface area contributed by atoms with E-state index in [1.807, 2.05) is 55.5 Å². The lowest BCUT2D eigenvalue weighted by Gasteiger charge is -2.16. The van der Waals surface area contributed by atoms with Crippen LogP contribution in [-0.4, -0.2) is 40.9 Å². The Balaban J connectivity index is 1.54. The number of amides is 1. The number of aromatic nitrogens is 2. The number of ether oxygens (including phenoxy) is 1. The van der Waals surface area contributed by atoms with E-state index in [1.54, 1.807) is 19.1 Å². The summed E-state index contributed by atoms with van der Waals surface area (Å²) in [6, 6.07) is 15.5. The fourth-order valence-corrected chi connectivity index (χ4v) is 3.11. The predicted molar refractivity (Wildman–Crippen MR) is 105 cm³/mol. The summed E-state index contributed by atoms with van der Waals surface area (Å²) < 4.78 is 10.8. The van der Waals surface area contributed by atoms with Gasteiger partial charge in [0.25, 0.3) is 5.22 Å². The number of hydrogen-bond donors (Lipinski definition) is 0. The van der Waals surface area contributed by atoms with Crippen LogP contribution in [0.15, 0.2) is 58.2 Å². The maximum absolute atomic E-state index is 12.3. The van der Waals surface area contributed by atoms with Crippen molar-refractivity contribution < 1.29 is 13.9 Å². The predicted octanol–water partition coefficient (Wildman–Crippen LogP) is 3.80. The zero-order valence-corrected chi connectivity index (χ0v) is 16.3. The number of methoxy groups -OCH3 is 1. The summed E-state index contributed by atoms with van der Waals surface area (Å²) >= 11 is 1.24. The van der Waals surface area contributed by atoms with E-state index in [0.717, 1.165) is 16.9 Å². The van der Waals surface area contributed by atoms with Crippen LogP contribution in [0.25, 0.3) is 11.5 Å². The average molecular weight is 383 g/mol. The van der Waals surface area contributed by atoms with Crippen molar-refractivity contribution in [3.63, 3.8) is 0 Å². The van der Waals surface area contributed by atoms with Gasteiger partial charge < -0.3 is 14.1 Å². The molecule has 0 fully saturated rings. The monoisotopic (exact) mass is 383 g/mol. The summed E-state index contributed by atoms with van der Waals surface area (Å²) in [5, 5.41) is 8.41. The van der Waals surface area contributed by atoms with Gasteiger partial charge in [0.05, 0.1) is 12.9 Å². The maximum atomic E-state index is 12.3. The standard InChI is InChI=1S/C20H21N3O3S/c1-14-4-6-15(7-5-14)12-23(2)18(24)13-27-20-22-21-19(26-20)16-8-10-17(25-3)11-9-16/h4-11H,12-13H2,1-3H3. The van der Waals surface area contributed by atoms with Crippen LogP contribution < -0.4 is 4.74 Å². The number of nitrogens with zero attached hydrogens (tertiary/aromatic N) is 3. The van der Waals surface area contributed by atoms with Crippen molar-refractivity contribution in [2.75, 3.05) is 19.9 Å². The molecule has 6 nitrogen and oxygen atoms in total. The zero-order valence-electron chi connectivity index (χ0n) is 15.5. The minimum atomic E-state index is 0.00442. The first-order chi connectivity index (χ1) is 13.0. The van der Waals surface area contributed by atoms with Crippen LogP contribution >= 0.6 is 11.8 Å². The van der Waals surface area contributed by atoms with Crippen molar-refractivity contribution in [1.29, 1.82) is 0 Å². The normalized spacial score (nSPS) is 10.6. The third kappa shape index (κ3) is 5.10. The Morgan fingerprint density at radius 1 is 1.11 bits per heavy atom. The lowest BCUT2D eigenvalue weighted by molar-refractivity contribution is -0.127. The summed E-state index contributed by atoms with van der Waals surface area (Å²) in [5.41, 5.74) is 3.10. The molecule has 140 valence electrons. The summed E-state index contributed by atoms with van der Waals surface area (Å²) in [6.07, 6.45) is 0. The second-order valence-corrected chi connectivity index (χ2v) is 7.05. The molecule has 1 aromatic heterocycles. The Bertz CT molecular complexity index is 892. The number of benzene rings is 2. The van der Waals surface area contributed by atoms with Gasteiger partial charge in [-0.05, 0) is 36.8 Å². The highest BCUT2D eigenvalue weighted by atomic mass is 32.2. The molecule has 7 heteroatoms. The summed E-state index contributed by atoms with van der Waals surface area (Å²) in [7, 11) is 3.41. The fourth-order valence-electron chi connectivity index (χ4n) is 2.41. The first kappa shape index (κ1) is 19.0. The topological polar surface area (TPSA) is 68.5 Å². The molecule has 3 rings (SSSR count). The highest BCUT2D eigenvalue weighted by molar-refractivity contribution is 7.99. The van der Waals surface area contributed by atoms with E-state index in [2.05, 4.69) is 10.2 Å². The van der Waals surface area contributed by atoms with Gasteiger partial charge in [0, 0.05) is 19.2 Å². The molecule has 2 aromatic carbocycles. The second kappa shape index (κ2) is 8.73. The second-order valence-electron chi connectivity index (χ2n) is 6.13. The van der Waals surface area contributed by atoms with Crippen LogP contribution in [0, 0.1) is 6.92 Å². The molecule has 1 amide bonds. The van der Waals surface area contributed by atoms with E-state index in [1.165, 1.54) is 17.3 Å². The molecular formula is C20H21N3O3S. The quantitative estimate of drug-likeness (QED) is 0.578. The molecule has 0 atom stereocenters. The molecule has 0 radical (unpaired) electrons. The van der Waals surface area contributed by atoms with Crippen LogP contribution in [0.1, 0.15) is 11.1 Å². The lowest BCUT2D eigenvalue weighted by atomic mass is 10.1. The number of carbonyl (C=O) groups excluding carboxylic acids is 1. The van der Waals surface area contributed by atoms with Crippen molar-refractivity contribution in [3.8, 4) is 17.2 Å². The maximum Gasteiger partial charge on any atom is 0.277 e. The molecule has 0 spiro atoms. The average Bonchev–Trinajstić information content (AvgIpc) is 3.17. The van der Waals surface area contributed by atoms with Gasteiger partial charge in [-0.25, -0.2) is 0 Å². The first-order valence-electron chi connectivity index (χ1n) is 8.45. The van der Waals surface area contributed by atoms with Crippen molar-refractivity contribution in [2.24, 2.45) is 0 Å². The number of rotatable bonds is 7. The highest BCUT2D eigenvalue weighted by Gasteiger charge is 2.14. The van der Waals surface area contributed by atoms with Crippen LogP contribution in [0.2, 0.25) is 0 Å². The van der Waals surface area contributed by atoms with Crippen molar-refractivity contribution >= 4 is 17.7 Å². The van der Waals surface area contributed by atoms with Gasteiger partial charge in [-0.15, -0.1) is 10.2 Å². The van der Waals surface area contributed by atoms with E-state index in [0.29, 0.717) is 17.7 Å². The third-order valence-corrected chi connectivity index (χ3v) is 4.83. The molecule has 3 aromatic rings. The molecule has 0 aliphatic heterocycles. The third-order valence-electron chi connectivity index (χ3n) is 4.03. The summed E-state index contributed by atoms with van der Waals surface area (Å²) in [5.74, 6) is 1.42. The Hall–Kier alpha value is -2.80. The lowest BCUT2D eigenvalue weighted by Crippen LogP contribution is -2.27. The van der Waals surface area contributed by atoms with Gasteiger partial charge >= 0.3 is 0 Å².